The number of hydrogen-bond acceptors (Lipinski definition) is 0. The SMILES string of the molecule is CC(C)CCCC(C)C1CCC2C3CC=C4c5c([nH]c6ccccc56)CCC4(C)C3CCC12C. The van der Waals surface area contributed by atoms with Crippen LogP contribution in [-0.2, 0) is 6.42 Å². The van der Waals surface area contributed by atoms with Crippen LogP contribution in [0.3, 0.4) is 0 Å². The molecule has 7 unspecified atom stereocenters. The normalized spacial score (nSPS) is 37.6. The molecule has 1 aromatic carbocycles. The van der Waals surface area contributed by atoms with Crippen LogP contribution in [0.2, 0.25) is 0 Å². The van der Waals surface area contributed by atoms with Crippen molar-refractivity contribution in [3.8, 4) is 0 Å². The molecular weight excluding hydrogens is 410 g/mol. The van der Waals surface area contributed by atoms with E-state index in [1.54, 1.807) is 11.1 Å². The summed E-state index contributed by atoms with van der Waals surface area (Å²) >= 11 is 0. The van der Waals surface area contributed by atoms with Gasteiger partial charge in [-0.2, -0.15) is 0 Å². The molecule has 6 rings (SSSR count). The van der Waals surface area contributed by atoms with Crippen LogP contribution in [0.5, 0.6) is 0 Å². The molecule has 1 aromatic heterocycles. The lowest BCUT2D eigenvalue weighted by Gasteiger charge is -2.58. The highest BCUT2D eigenvalue weighted by molar-refractivity contribution is 5.96. The zero-order valence-electron chi connectivity index (χ0n) is 22.4. The van der Waals surface area contributed by atoms with Gasteiger partial charge in [0.25, 0.3) is 0 Å². The molecule has 1 heterocycles. The highest BCUT2D eigenvalue weighted by Crippen LogP contribution is 2.68. The van der Waals surface area contributed by atoms with Crippen LogP contribution in [-0.4, -0.2) is 4.98 Å². The predicted molar refractivity (Wildman–Crippen MR) is 146 cm³/mol. The number of hydrogen-bond donors (Lipinski definition) is 1. The molecule has 184 valence electrons. The van der Waals surface area contributed by atoms with E-state index in [0.29, 0.717) is 10.8 Å². The number of aromatic amines is 1. The first-order valence-corrected chi connectivity index (χ1v) is 14.6. The van der Waals surface area contributed by atoms with Crippen molar-refractivity contribution in [2.75, 3.05) is 0 Å². The van der Waals surface area contributed by atoms with E-state index in [0.717, 1.165) is 35.5 Å². The molecule has 0 saturated heterocycles. The first-order chi connectivity index (χ1) is 16.3. The number of rotatable bonds is 5. The van der Waals surface area contributed by atoms with E-state index in [1.807, 2.05) is 0 Å². The lowest BCUT2D eigenvalue weighted by Crippen LogP contribution is -2.49. The Morgan fingerprint density at radius 3 is 2.62 bits per heavy atom. The van der Waals surface area contributed by atoms with E-state index < -0.39 is 0 Å². The summed E-state index contributed by atoms with van der Waals surface area (Å²) in [5.41, 5.74) is 7.07. The maximum Gasteiger partial charge on any atom is 0.0462 e. The van der Waals surface area contributed by atoms with Crippen LogP contribution in [0.4, 0.5) is 0 Å². The number of benzene rings is 1. The Morgan fingerprint density at radius 1 is 0.971 bits per heavy atom. The molecule has 0 radical (unpaired) electrons. The topological polar surface area (TPSA) is 15.8 Å². The molecule has 1 N–H and O–H groups in total. The average molecular weight is 458 g/mol. The van der Waals surface area contributed by atoms with Gasteiger partial charge in [-0.1, -0.05) is 78.2 Å². The number of para-hydroxylation sites is 1. The first-order valence-electron chi connectivity index (χ1n) is 14.6. The molecule has 2 saturated carbocycles. The second-order valence-corrected chi connectivity index (χ2v) is 13.7. The van der Waals surface area contributed by atoms with Crippen LogP contribution in [0, 0.1) is 46.3 Å². The Labute approximate surface area is 208 Å². The van der Waals surface area contributed by atoms with Gasteiger partial charge in [-0.05, 0) is 103 Å². The first kappa shape index (κ1) is 22.9. The molecule has 34 heavy (non-hydrogen) atoms. The minimum atomic E-state index is 0.364. The van der Waals surface area contributed by atoms with Crippen LogP contribution < -0.4 is 0 Å². The van der Waals surface area contributed by atoms with Crippen LogP contribution >= 0.6 is 0 Å². The van der Waals surface area contributed by atoms with Crippen molar-refractivity contribution >= 4 is 16.5 Å². The third-order valence-corrected chi connectivity index (χ3v) is 11.6. The summed E-state index contributed by atoms with van der Waals surface area (Å²) in [5, 5.41) is 1.46. The fourth-order valence-corrected chi connectivity index (χ4v) is 9.90. The Kier molecular flexibility index (Phi) is 5.58. The lowest BCUT2D eigenvalue weighted by molar-refractivity contribution is -0.0392. The number of allylic oxidation sites excluding steroid dienone is 2. The van der Waals surface area contributed by atoms with Gasteiger partial charge in [-0.25, -0.2) is 0 Å². The van der Waals surface area contributed by atoms with Gasteiger partial charge in [0.05, 0.1) is 0 Å². The Morgan fingerprint density at radius 2 is 1.79 bits per heavy atom. The van der Waals surface area contributed by atoms with Gasteiger partial charge in [-0.15, -0.1) is 0 Å². The van der Waals surface area contributed by atoms with Crippen molar-refractivity contribution in [2.24, 2.45) is 46.3 Å². The fraction of sp³-hybridized carbons (Fsp3) is 0.697. The summed E-state index contributed by atoms with van der Waals surface area (Å²) in [4.78, 5) is 3.78. The van der Waals surface area contributed by atoms with Gasteiger partial charge < -0.3 is 4.98 Å². The van der Waals surface area contributed by atoms with E-state index in [9.17, 15) is 0 Å². The minimum absolute atomic E-state index is 0.364. The summed E-state index contributed by atoms with van der Waals surface area (Å²) in [6.07, 6.45) is 16.8. The molecule has 4 aliphatic carbocycles. The molecule has 0 aliphatic heterocycles. The molecule has 7 atom stereocenters. The van der Waals surface area contributed by atoms with Gasteiger partial charge in [0.1, 0.15) is 0 Å². The van der Waals surface area contributed by atoms with Gasteiger partial charge in [-0.3, -0.25) is 0 Å². The van der Waals surface area contributed by atoms with Gasteiger partial charge >= 0.3 is 0 Å². The third kappa shape index (κ3) is 3.31. The van der Waals surface area contributed by atoms with Crippen LogP contribution in [0.1, 0.15) is 104 Å². The van der Waals surface area contributed by atoms with Crippen LogP contribution in [0.15, 0.2) is 30.3 Å². The molecule has 0 spiro atoms. The summed E-state index contributed by atoms with van der Waals surface area (Å²) in [6.45, 7) is 12.8. The highest BCUT2D eigenvalue weighted by atomic mass is 14.7. The average Bonchev–Trinajstić information content (AvgIpc) is 3.36. The van der Waals surface area contributed by atoms with Crippen molar-refractivity contribution in [2.45, 2.75) is 98.8 Å². The zero-order chi connectivity index (χ0) is 23.7. The summed E-state index contributed by atoms with van der Waals surface area (Å²) in [7, 11) is 0. The van der Waals surface area contributed by atoms with E-state index in [2.05, 4.69) is 69.9 Å². The maximum absolute atomic E-state index is 3.78. The van der Waals surface area contributed by atoms with Gasteiger partial charge in [0, 0.05) is 22.2 Å². The number of aromatic nitrogens is 1. The van der Waals surface area contributed by atoms with Crippen molar-refractivity contribution in [1.82, 2.24) is 4.98 Å². The summed E-state index contributed by atoms with van der Waals surface area (Å²) in [6, 6.07) is 9.02. The second-order valence-electron chi connectivity index (χ2n) is 13.7. The fourth-order valence-electron chi connectivity index (χ4n) is 9.90. The van der Waals surface area contributed by atoms with E-state index in [4.69, 9.17) is 0 Å². The number of nitrogens with one attached hydrogen (secondary N) is 1. The lowest BCUT2D eigenvalue weighted by atomic mass is 9.47. The molecule has 1 heteroatoms. The van der Waals surface area contributed by atoms with Gasteiger partial charge in [0.2, 0.25) is 0 Å². The quantitative estimate of drug-likeness (QED) is 0.460. The number of H-pyrrole nitrogens is 1. The predicted octanol–water partition coefficient (Wildman–Crippen LogP) is 9.43. The van der Waals surface area contributed by atoms with E-state index >= 15 is 0 Å². The molecule has 2 aromatic rings. The molecule has 0 bridgehead atoms. The second kappa shape index (κ2) is 8.28. The standard InChI is InChI=1S/C33H47N/c1-21(2)9-8-10-22(3)25-15-16-26-23-13-14-28-31-24-11-6-7-12-29(24)34-30(31)18-20-33(28,5)27(23)17-19-32(25,26)4/h6-7,11-12,14,21-23,25-27,34H,8-10,13,15-20H2,1-5H3. The van der Waals surface area contributed by atoms with Crippen molar-refractivity contribution in [3.63, 3.8) is 0 Å². The zero-order valence-corrected chi connectivity index (χ0v) is 22.4. The van der Waals surface area contributed by atoms with E-state index in [-0.39, 0.29) is 0 Å². The minimum Gasteiger partial charge on any atom is -0.358 e. The monoisotopic (exact) mass is 457 g/mol. The maximum atomic E-state index is 3.78. The van der Waals surface area contributed by atoms with E-state index in [1.165, 1.54) is 80.8 Å². The molecule has 1 nitrogen and oxygen atoms in total. The Hall–Kier alpha value is -1.50. The van der Waals surface area contributed by atoms with Crippen molar-refractivity contribution < 1.29 is 0 Å². The Balaban J connectivity index is 1.28. The highest BCUT2D eigenvalue weighted by Gasteiger charge is 2.59. The number of fused-ring (bicyclic) bond motifs is 9. The largest absolute Gasteiger partial charge is 0.358 e. The van der Waals surface area contributed by atoms with Crippen LogP contribution in [0.25, 0.3) is 16.5 Å². The van der Waals surface area contributed by atoms with Gasteiger partial charge in [0.15, 0.2) is 0 Å². The summed E-state index contributed by atoms with van der Waals surface area (Å²) < 4.78 is 0. The smallest absolute Gasteiger partial charge is 0.0462 e. The van der Waals surface area contributed by atoms with Crippen molar-refractivity contribution in [3.05, 3.63) is 41.6 Å². The summed E-state index contributed by atoms with van der Waals surface area (Å²) in [5.74, 6) is 5.44. The molecule has 4 aliphatic rings. The number of aryl methyl sites for hydroxylation is 1. The Bertz CT molecular complexity index is 1090. The third-order valence-electron chi connectivity index (χ3n) is 11.6. The molecule has 0 amide bonds. The molecule has 2 fully saturated rings. The van der Waals surface area contributed by atoms with Crippen molar-refractivity contribution in [1.29, 1.82) is 0 Å². The molecular formula is C33H47N.